The number of ether oxygens (including phenoxy) is 1. The minimum absolute atomic E-state index is 0.106. The average Bonchev–Trinajstić information content (AvgIpc) is 2.73. The van der Waals surface area contributed by atoms with Gasteiger partial charge in [0.2, 0.25) is 11.8 Å². The van der Waals surface area contributed by atoms with Crippen molar-refractivity contribution < 1.29 is 14.3 Å². The number of hydrogen-bond acceptors (Lipinski definition) is 4. The molecule has 28 heavy (non-hydrogen) atoms. The molecule has 1 aliphatic rings. The SMILES string of the molecule is COc1ccc(NC(=O)[C@@H](NC2CCN(C(C)=O)CC2)c2ccccc2)cc1. The van der Waals surface area contributed by atoms with Crippen LogP contribution in [0.25, 0.3) is 0 Å². The molecule has 0 bridgehead atoms. The summed E-state index contributed by atoms with van der Waals surface area (Å²) in [7, 11) is 1.61. The fraction of sp³-hybridized carbons (Fsp3) is 0.364. The first kappa shape index (κ1) is 19.9. The van der Waals surface area contributed by atoms with E-state index in [0.29, 0.717) is 13.1 Å². The number of carbonyl (C=O) groups excluding carboxylic acids is 2. The molecule has 0 aromatic heterocycles. The van der Waals surface area contributed by atoms with Crippen molar-refractivity contribution in [1.82, 2.24) is 10.2 Å². The molecule has 2 aromatic rings. The summed E-state index contributed by atoms with van der Waals surface area (Å²) in [5.41, 5.74) is 1.64. The van der Waals surface area contributed by atoms with Gasteiger partial charge in [-0.3, -0.25) is 14.9 Å². The van der Waals surface area contributed by atoms with Gasteiger partial charge in [-0.2, -0.15) is 0 Å². The van der Waals surface area contributed by atoms with E-state index in [1.54, 1.807) is 14.0 Å². The van der Waals surface area contributed by atoms with Crippen LogP contribution in [0.3, 0.4) is 0 Å². The van der Waals surface area contributed by atoms with Gasteiger partial charge in [0.25, 0.3) is 0 Å². The molecule has 0 radical (unpaired) electrons. The highest BCUT2D eigenvalue weighted by Crippen LogP contribution is 2.21. The van der Waals surface area contributed by atoms with Crippen LogP contribution in [-0.2, 0) is 9.59 Å². The Morgan fingerprint density at radius 1 is 1.04 bits per heavy atom. The summed E-state index contributed by atoms with van der Waals surface area (Å²) in [4.78, 5) is 26.4. The molecule has 1 heterocycles. The van der Waals surface area contributed by atoms with E-state index in [-0.39, 0.29) is 17.9 Å². The summed E-state index contributed by atoms with van der Waals surface area (Å²) in [6.07, 6.45) is 1.66. The number of carbonyl (C=O) groups is 2. The first-order chi connectivity index (χ1) is 13.6. The Labute approximate surface area is 165 Å². The van der Waals surface area contributed by atoms with Crippen LogP contribution in [-0.4, -0.2) is 43.0 Å². The van der Waals surface area contributed by atoms with Crippen molar-refractivity contribution in [1.29, 1.82) is 0 Å². The molecule has 0 spiro atoms. The molecular weight excluding hydrogens is 354 g/mol. The maximum absolute atomic E-state index is 13.0. The van der Waals surface area contributed by atoms with Crippen LogP contribution in [0.2, 0.25) is 0 Å². The lowest BCUT2D eigenvalue weighted by molar-refractivity contribution is -0.130. The van der Waals surface area contributed by atoms with Gasteiger partial charge in [-0.05, 0) is 42.7 Å². The van der Waals surface area contributed by atoms with E-state index in [2.05, 4.69) is 10.6 Å². The van der Waals surface area contributed by atoms with Crippen molar-refractivity contribution in [2.75, 3.05) is 25.5 Å². The molecule has 1 fully saturated rings. The first-order valence-corrected chi connectivity index (χ1v) is 9.58. The number of piperidine rings is 1. The van der Waals surface area contributed by atoms with Crippen LogP contribution in [0.15, 0.2) is 54.6 Å². The number of amides is 2. The van der Waals surface area contributed by atoms with Gasteiger partial charge < -0.3 is 15.0 Å². The average molecular weight is 381 g/mol. The van der Waals surface area contributed by atoms with E-state index in [1.807, 2.05) is 59.5 Å². The number of hydrogen-bond donors (Lipinski definition) is 2. The van der Waals surface area contributed by atoms with E-state index in [1.165, 1.54) is 0 Å². The number of nitrogens with zero attached hydrogens (tertiary/aromatic N) is 1. The van der Waals surface area contributed by atoms with Crippen molar-refractivity contribution in [2.24, 2.45) is 0 Å². The van der Waals surface area contributed by atoms with E-state index in [9.17, 15) is 9.59 Å². The van der Waals surface area contributed by atoms with E-state index >= 15 is 0 Å². The summed E-state index contributed by atoms with van der Waals surface area (Å²) in [6.45, 7) is 3.03. The minimum Gasteiger partial charge on any atom is -0.497 e. The second kappa shape index (κ2) is 9.37. The molecule has 6 heteroatoms. The number of nitrogens with one attached hydrogen (secondary N) is 2. The molecule has 2 aromatic carbocycles. The molecule has 1 saturated heterocycles. The van der Waals surface area contributed by atoms with E-state index in [4.69, 9.17) is 4.74 Å². The zero-order valence-electron chi connectivity index (χ0n) is 16.4. The van der Waals surface area contributed by atoms with Crippen molar-refractivity contribution >= 4 is 17.5 Å². The van der Waals surface area contributed by atoms with Crippen LogP contribution < -0.4 is 15.4 Å². The fourth-order valence-electron chi connectivity index (χ4n) is 3.45. The highest BCUT2D eigenvalue weighted by molar-refractivity contribution is 5.95. The molecule has 148 valence electrons. The van der Waals surface area contributed by atoms with Gasteiger partial charge in [0.05, 0.1) is 7.11 Å². The number of likely N-dealkylation sites (tertiary alicyclic amines) is 1. The molecule has 1 atom stereocenters. The molecule has 3 rings (SSSR count). The Balaban J connectivity index is 1.70. The third-order valence-electron chi connectivity index (χ3n) is 5.10. The zero-order chi connectivity index (χ0) is 19.9. The second-order valence-corrected chi connectivity index (χ2v) is 7.01. The minimum atomic E-state index is -0.461. The van der Waals surface area contributed by atoms with Crippen molar-refractivity contribution in [2.45, 2.75) is 31.8 Å². The van der Waals surface area contributed by atoms with Gasteiger partial charge in [-0.15, -0.1) is 0 Å². The van der Waals surface area contributed by atoms with Crippen molar-refractivity contribution in [3.63, 3.8) is 0 Å². The molecule has 2 amide bonds. The lowest BCUT2D eigenvalue weighted by atomic mass is 10.00. The number of anilines is 1. The molecule has 2 N–H and O–H groups in total. The lowest BCUT2D eigenvalue weighted by Gasteiger charge is -2.34. The summed E-state index contributed by atoms with van der Waals surface area (Å²) in [5.74, 6) is 0.744. The summed E-state index contributed by atoms with van der Waals surface area (Å²) in [5, 5.41) is 6.49. The predicted octanol–water partition coefficient (Wildman–Crippen LogP) is 2.98. The van der Waals surface area contributed by atoms with Crippen molar-refractivity contribution in [3.05, 3.63) is 60.2 Å². The van der Waals surface area contributed by atoms with Crippen LogP contribution in [0.1, 0.15) is 31.4 Å². The van der Waals surface area contributed by atoms with Crippen LogP contribution in [0.5, 0.6) is 5.75 Å². The van der Waals surface area contributed by atoms with Gasteiger partial charge in [0, 0.05) is 31.7 Å². The fourth-order valence-corrected chi connectivity index (χ4v) is 3.45. The van der Waals surface area contributed by atoms with Crippen molar-refractivity contribution in [3.8, 4) is 5.75 Å². The Morgan fingerprint density at radius 3 is 2.25 bits per heavy atom. The molecular formula is C22H27N3O3. The first-order valence-electron chi connectivity index (χ1n) is 9.58. The Hall–Kier alpha value is -2.86. The molecule has 1 aliphatic heterocycles. The quantitative estimate of drug-likeness (QED) is 0.807. The Morgan fingerprint density at radius 2 is 1.68 bits per heavy atom. The van der Waals surface area contributed by atoms with Gasteiger partial charge in [-0.1, -0.05) is 30.3 Å². The maximum atomic E-state index is 13.0. The maximum Gasteiger partial charge on any atom is 0.246 e. The normalized spacial score (nSPS) is 15.7. The highest BCUT2D eigenvalue weighted by atomic mass is 16.5. The smallest absolute Gasteiger partial charge is 0.246 e. The standard InChI is InChI=1S/C22H27N3O3/c1-16(26)25-14-12-19(13-15-25)23-21(17-6-4-3-5-7-17)22(27)24-18-8-10-20(28-2)11-9-18/h3-11,19,21,23H,12-15H2,1-2H3,(H,24,27)/t21-/m0/s1. The highest BCUT2D eigenvalue weighted by Gasteiger charge is 2.27. The van der Waals surface area contributed by atoms with Gasteiger partial charge in [-0.25, -0.2) is 0 Å². The van der Waals surface area contributed by atoms with Crippen LogP contribution >= 0.6 is 0 Å². The van der Waals surface area contributed by atoms with Gasteiger partial charge >= 0.3 is 0 Å². The largest absolute Gasteiger partial charge is 0.497 e. The molecule has 0 aliphatic carbocycles. The molecule has 6 nitrogen and oxygen atoms in total. The van der Waals surface area contributed by atoms with E-state index in [0.717, 1.165) is 29.8 Å². The number of rotatable bonds is 6. The molecule has 0 unspecified atom stereocenters. The third-order valence-corrected chi connectivity index (χ3v) is 5.10. The van der Waals surface area contributed by atoms with Crippen LogP contribution in [0.4, 0.5) is 5.69 Å². The zero-order valence-corrected chi connectivity index (χ0v) is 16.4. The summed E-state index contributed by atoms with van der Waals surface area (Å²) < 4.78 is 5.16. The van der Waals surface area contributed by atoms with E-state index < -0.39 is 6.04 Å². The van der Waals surface area contributed by atoms with Gasteiger partial charge in [0.15, 0.2) is 0 Å². The summed E-state index contributed by atoms with van der Waals surface area (Å²) in [6, 6.07) is 16.7. The number of benzene rings is 2. The topological polar surface area (TPSA) is 70.7 Å². The molecule has 0 saturated carbocycles. The van der Waals surface area contributed by atoms with Crippen LogP contribution in [0, 0.1) is 0 Å². The summed E-state index contributed by atoms with van der Waals surface area (Å²) >= 11 is 0. The lowest BCUT2D eigenvalue weighted by Crippen LogP contribution is -2.47. The Bertz CT molecular complexity index is 784. The van der Waals surface area contributed by atoms with Gasteiger partial charge in [0.1, 0.15) is 11.8 Å². The second-order valence-electron chi connectivity index (χ2n) is 7.01. The monoisotopic (exact) mass is 381 g/mol. The Kier molecular flexibility index (Phi) is 6.66. The third kappa shape index (κ3) is 5.10. The number of methoxy groups -OCH3 is 1. The predicted molar refractivity (Wildman–Crippen MR) is 109 cm³/mol.